The van der Waals surface area contributed by atoms with E-state index in [1.54, 1.807) is 12.1 Å². The van der Waals surface area contributed by atoms with Crippen molar-refractivity contribution in [1.29, 1.82) is 0 Å². The molecule has 0 aliphatic rings. The minimum absolute atomic E-state index is 0.0277. The average Bonchev–Trinajstić information content (AvgIpc) is 2.80. The molecule has 0 amide bonds. The minimum Gasteiger partial charge on any atom is -0.494 e. The van der Waals surface area contributed by atoms with E-state index in [4.69, 9.17) is 9.47 Å². The van der Waals surface area contributed by atoms with Crippen LogP contribution in [-0.4, -0.2) is 37.2 Å². The highest BCUT2D eigenvalue weighted by Gasteiger charge is 2.73. The van der Waals surface area contributed by atoms with Gasteiger partial charge >= 0.3 is 24.0 Å². The van der Waals surface area contributed by atoms with E-state index in [1.165, 1.54) is 12.1 Å². The molecule has 194 valence electrons. The van der Waals surface area contributed by atoms with E-state index in [1.807, 2.05) is 0 Å². The normalized spacial score (nSPS) is 13.3. The maximum Gasteiger partial charge on any atom is 0.460 e. The van der Waals surface area contributed by atoms with Gasteiger partial charge in [-0.05, 0) is 67.3 Å². The largest absolute Gasteiger partial charge is 0.494 e. The van der Waals surface area contributed by atoms with E-state index in [0.29, 0.717) is 18.3 Å². The lowest BCUT2D eigenvalue weighted by Gasteiger charge is -2.27. The number of rotatable bonds is 12. The topological polar surface area (TPSA) is 44.8 Å². The van der Waals surface area contributed by atoms with Gasteiger partial charge < -0.3 is 14.2 Å². The summed E-state index contributed by atoms with van der Waals surface area (Å²) in [5, 5.41) is 0. The van der Waals surface area contributed by atoms with Gasteiger partial charge in [0.25, 0.3) is 0 Å². The maximum absolute atomic E-state index is 13.3. The summed E-state index contributed by atoms with van der Waals surface area (Å²) in [6.45, 7) is 2.63. The Labute approximate surface area is 198 Å². The Balaban J connectivity index is 1.87. The molecule has 0 heterocycles. The van der Waals surface area contributed by atoms with Crippen LogP contribution in [0.5, 0.6) is 17.2 Å². The molecule has 11 heteroatoms. The number of benzene rings is 2. The Morgan fingerprint density at radius 1 is 0.829 bits per heavy atom. The van der Waals surface area contributed by atoms with Crippen LogP contribution in [-0.2, 0) is 0 Å². The number of hydrogen-bond acceptors (Lipinski definition) is 4. The Kier molecular flexibility index (Phi) is 9.39. The van der Waals surface area contributed by atoms with Crippen LogP contribution in [0.1, 0.15) is 43.5 Å². The number of halogens is 7. The van der Waals surface area contributed by atoms with Crippen molar-refractivity contribution in [3.63, 3.8) is 0 Å². The summed E-state index contributed by atoms with van der Waals surface area (Å²) >= 11 is 0. The van der Waals surface area contributed by atoms with E-state index in [2.05, 4.69) is 18.6 Å². The van der Waals surface area contributed by atoms with Crippen molar-refractivity contribution < 1.29 is 49.7 Å². The lowest BCUT2D eigenvalue weighted by atomic mass is 10.0. The molecule has 0 fully saturated rings. The number of carbonyl (C=O) groups excluding carboxylic acids is 1. The molecule has 0 N–H and O–H groups in total. The van der Waals surface area contributed by atoms with Gasteiger partial charge in [0.1, 0.15) is 17.2 Å². The van der Waals surface area contributed by atoms with Crippen molar-refractivity contribution in [3.8, 4) is 17.2 Å². The van der Waals surface area contributed by atoms with E-state index in [-0.39, 0.29) is 11.3 Å². The molecule has 0 radical (unpaired) electrons. The van der Waals surface area contributed by atoms with Gasteiger partial charge in [0.2, 0.25) is 0 Å². The third-order valence-electron chi connectivity index (χ3n) is 5.17. The Morgan fingerprint density at radius 2 is 1.34 bits per heavy atom. The third-order valence-corrected chi connectivity index (χ3v) is 5.17. The number of ether oxygens (including phenoxy) is 3. The predicted molar refractivity (Wildman–Crippen MR) is 113 cm³/mol. The Morgan fingerprint density at radius 3 is 1.89 bits per heavy atom. The fraction of sp³-hybridized carbons (Fsp3) is 0.458. The number of hydrogen-bond donors (Lipinski definition) is 0. The summed E-state index contributed by atoms with van der Waals surface area (Å²) in [5.41, 5.74) is 0.200. The predicted octanol–water partition coefficient (Wildman–Crippen LogP) is 7.32. The third kappa shape index (κ3) is 7.76. The van der Waals surface area contributed by atoms with Crippen LogP contribution < -0.4 is 14.2 Å². The zero-order valence-electron chi connectivity index (χ0n) is 19.0. The summed E-state index contributed by atoms with van der Waals surface area (Å²) in [5.74, 6) is -11.7. The zero-order chi connectivity index (χ0) is 26.3. The SMILES string of the molecule is CC[C@H](C)CCCOc1ccc(C(=O)Oc2ccc(OCC(F)(F)C(F)(F)C(F)(F)F)cc2)cc1. The summed E-state index contributed by atoms with van der Waals surface area (Å²) < 4.78 is 104. The van der Waals surface area contributed by atoms with Gasteiger partial charge in [-0.2, -0.15) is 30.7 Å². The van der Waals surface area contributed by atoms with Crippen molar-refractivity contribution >= 4 is 5.97 Å². The lowest BCUT2D eigenvalue weighted by molar-refractivity contribution is -0.358. The van der Waals surface area contributed by atoms with E-state index in [0.717, 1.165) is 43.5 Å². The van der Waals surface area contributed by atoms with Crippen LogP contribution in [0.3, 0.4) is 0 Å². The molecule has 2 aromatic carbocycles. The monoisotopic (exact) mass is 510 g/mol. The average molecular weight is 510 g/mol. The molecular weight excluding hydrogens is 485 g/mol. The fourth-order valence-corrected chi connectivity index (χ4v) is 2.76. The molecule has 0 aliphatic carbocycles. The van der Waals surface area contributed by atoms with Crippen LogP contribution in [0.4, 0.5) is 30.7 Å². The van der Waals surface area contributed by atoms with Crippen molar-refractivity contribution in [2.45, 2.75) is 51.1 Å². The highest BCUT2D eigenvalue weighted by Crippen LogP contribution is 2.46. The Hall–Kier alpha value is -2.98. The molecule has 0 saturated carbocycles. The second kappa shape index (κ2) is 11.6. The van der Waals surface area contributed by atoms with Crippen LogP contribution in [0.15, 0.2) is 48.5 Å². The first-order chi connectivity index (χ1) is 16.3. The molecule has 35 heavy (non-hydrogen) atoms. The highest BCUT2D eigenvalue weighted by molar-refractivity contribution is 5.91. The van der Waals surface area contributed by atoms with Crippen LogP contribution in [0.25, 0.3) is 0 Å². The summed E-state index contributed by atoms with van der Waals surface area (Å²) in [7, 11) is 0. The molecule has 0 aliphatic heterocycles. The summed E-state index contributed by atoms with van der Waals surface area (Å²) in [4.78, 5) is 12.3. The first-order valence-corrected chi connectivity index (χ1v) is 10.8. The molecule has 1 atom stereocenters. The highest BCUT2D eigenvalue weighted by atomic mass is 19.4. The Bertz CT molecular complexity index is 942. The molecule has 0 unspecified atom stereocenters. The molecule has 2 aromatic rings. The summed E-state index contributed by atoms with van der Waals surface area (Å²) in [6, 6.07) is 10.4. The lowest BCUT2D eigenvalue weighted by Crippen LogP contribution is -2.54. The van der Waals surface area contributed by atoms with Crippen LogP contribution in [0, 0.1) is 5.92 Å². The van der Waals surface area contributed by atoms with Gasteiger partial charge in [0.15, 0.2) is 6.61 Å². The molecule has 4 nitrogen and oxygen atoms in total. The number of esters is 1. The van der Waals surface area contributed by atoms with Gasteiger partial charge in [0.05, 0.1) is 12.2 Å². The van der Waals surface area contributed by atoms with E-state index < -0.39 is 36.3 Å². The second-order valence-electron chi connectivity index (χ2n) is 7.95. The molecule has 2 rings (SSSR count). The van der Waals surface area contributed by atoms with Crippen LogP contribution >= 0.6 is 0 Å². The molecule has 0 spiro atoms. The zero-order valence-corrected chi connectivity index (χ0v) is 19.0. The number of carbonyl (C=O) groups is 1. The molecule has 0 aromatic heterocycles. The van der Waals surface area contributed by atoms with Gasteiger partial charge in [-0.3, -0.25) is 0 Å². The van der Waals surface area contributed by atoms with E-state index in [9.17, 15) is 35.5 Å². The minimum atomic E-state index is -6.43. The first-order valence-electron chi connectivity index (χ1n) is 10.8. The standard InChI is InChI=1S/C24H25F7O4/c1-3-16(2)5-4-14-33-18-8-6-17(7-9-18)21(32)35-20-12-10-19(11-13-20)34-15-22(25,26)23(27,28)24(29,30)31/h6-13,16H,3-5,14-15H2,1-2H3/t16-/m0/s1. The van der Waals surface area contributed by atoms with Crippen molar-refractivity contribution in [2.24, 2.45) is 5.92 Å². The van der Waals surface area contributed by atoms with Crippen LogP contribution in [0.2, 0.25) is 0 Å². The smallest absolute Gasteiger partial charge is 0.460 e. The van der Waals surface area contributed by atoms with Crippen molar-refractivity contribution in [1.82, 2.24) is 0 Å². The first kappa shape index (κ1) is 28.3. The van der Waals surface area contributed by atoms with Crippen molar-refractivity contribution in [3.05, 3.63) is 54.1 Å². The number of alkyl halides is 7. The summed E-state index contributed by atoms with van der Waals surface area (Å²) in [6.07, 6.45) is -3.38. The second-order valence-corrected chi connectivity index (χ2v) is 7.95. The quantitative estimate of drug-likeness (QED) is 0.130. The van der Waals surface area contributed by atoms with Crippen molar-refractivity contribution in [2.75, 3.05) is 13.2 Å². The van der Waals surface area contributed by atoms with Gasteiger partial charge in [-0.25, -0.2) is 4.79 Å². The van der Waals surface area contributed by atoms with Gasteiger partial charge in [-0.1, -0.05) is 20.3 Å². The molecule has 0 bridgehead atoms. The molecular formula is C24H25F7O4. The maximum atomic E-state index is 13.3. The van der Waals surface area contributed by atoms with Gasteiger partial charge in [-0.15, -0.1) is 0 Å². The molecule has 0 saturated heterocycles. The van der Waals surface area contributed by atoms with E-state index >= 15 is 0 Å². The fourth-order valence-electron chi connectivity index (χ4n) is 2.76. The van der Waals surface area contributed by atoms with Gasteiger partial charge in [0, 0.05) is 0 Å².